The summed E-state index contributed by atoms with van der Waals surface area (Å²) in [5.74, 6) is -1.61. The van der Waals surface area contributed by atoms with Crippen LogP contribution >= 0.6 is 0 Å². The minimum absolute atomic E-state index is 0.0373. The molecule has 0 spiro atoms. The molecule has 1 unspecified atom stereocenters. The number of hydrogen-bond acceptors (Lipinski definition) is 6. The van der Waals surface area contributed by atoms with E-state index in [1.54, 1.807) is 6.92 Å². The lowest BCUT2D eigenvalue weighted by Gasteiger charge is -2.25. The average molecular weight is 459 g/mol. The van der Waals surface area contributed by atoms with Crippen molar-refractivity contribution < 1.29 is 17.6 Å². The van der Waals surface area contributed by atoms with Gasteiger partial charge in [-0.05, 0) is 19.1 Å². The Morgan fingerprint density at radius 2 is 2.00 bits per heavy atom. The third kappa shape index (κ3) is 3.69. The van der Waals surface area contributed by atoms with Crippen molar-refractivity contribution in [1.82, 2.24) is 19.7 Å². The topological polar surface area (TPSA) is 108 Å². The maximum absolute atomic E-state index is 14.1. The van der Waals surface area contributed by atoms with Crippen LogP contribution in [0.2, 0.25) is 0 Å². The molecule has 7 nitrogen and oxygen atoms in total. The van der Waals surface area contributed by atoms with E-state index in [-0.39, 0.29) is 35.1 Å². The van der Waals surface area contributed by atoms with Crippen LogP contribution in [-0.2, 0) is 18.4 Å². The van der Waals surface area contributed by atoms with E-state index < -0.39 is 29.9 Å². The summed E-state index contributed by atoms with van der Waals surface area (Å²) in [6, 6.07) is 5.02. The van der Waals surface area contributed by atoms with Crippen LogP contribution in [0.4, 0.5) is 29.2 Å². The molecule has 172 valence electrons. The van der Waals surface area contributed by atoms with Crippen LogP contribution in [0.1, 0.15) is 23.7 Å². The van der Waals surface area contributed by atoms with Crippen LogP contribution in [0.3, 0.4) is 0 Å². The highest BCUT2D eigenvalue weighted by atomic mass is 19.3. The van der Waals surface area contributed by atoms with Crippen LogP contribution in [-0.4, -0.2) is 26.2 Å². The lowest BCUT2D eigenvalue weighted by molar-refractivity contribution is 0.146. The molecule has 3 heterocycles. The smallest absolute Gasteiger partial charge is 0.244 e. The van der Waals surface area contributed by atoms with Crippen molar-refractivity contribution in [2.75, 3.05) is 11.1 Å². The largest absolute Gasteiger partial charge is 0.401 e. The second-order valence-corrected chi connectivity index (χ2v) is 7.90. The fourth-order valence-corrected chi connectivity index (χ4v) is 3.81. The summed E-state index contributed by atoms with van der Waals surface area (Å²) in [5, 5.41) is 7.29. The number of nitrogens with two attached hydrogens (primary N) is 2. The molecule has 1 aliphatic rings. The van der Waals surface area contributed by atoms with E-state index in [0.29, 0.717) is 22.8 Å². The Balaban J connectivity index is 1.78. The molecule has 33 heavy (non-hydrogen) atoms. The molecule has 1 aliphatic heterocycles. The molecule has 0 saturated heterocycles. The molecule has 0 fully saturated rings. The highest BCUT2D eigenvalue weighted by Gasteiger charge is 2.43. The van der Waals surface area contributed by atoms with Gasteiger partial charge < -0.3 is 16.8 Å². The Bertz CT molecular complexity index is 1280. The molecule has 1 atom stereocenters. The van der Waals surface area contributed by atoms with Gasteiger partial charge in [-0.3, -0.25) is 4.68 Å². The van der Waals surface area contributed by atoms with Gasteiger partial charge in [0.05, 0.1) is 23.9 Å². The second kappa shape index (κ2) is 7.91. The fourth-order valence-electron chi connectivity index (χ4n) is 3.81. The van der Waals surface area contributed by atoms with Gasteiger partial charge >= 0.3 is 0 Å². The molecule has 2 aromatic heterocycles. The van der Waals surface area contributed by atoms with Crippen LogP contribution in [0, 0.1) is 11.6 Å². The molecule has 0 radical (unpaired) electrons. The molecular weight excluding hydrogens is 438 g/mol. The van der Waals surface area contributed by atoms with Crippen molar-refractivity contribution in [2.24, 2.45) is 5.73 Å². The summed E-state index contributed by atoms with van der Waals surface area (Å²) in [4.78, 5) is 8.72. The van der Waals surface area contributed by atoms with Crippen molar-refractivity contribution in [2.45, 2.75) is 31.7 Å². The van der Waals surface area contributed by atoms with Crippen LogP contribution in [0.5, 0.6) is 0 Å². The molecule has 1 aromatic carbocycles. The Morgan fingerprint density at radius 1 is 1.27 bits per heavy atom. The van der Waals surface area contributed by atoms with Crippen molar-refractivity contribution in [3.63, 3.8) is 0 Å². The third-order valence-corrected chi connectivity index (χ3v) is 5.76. The van der Waals surface area contributed by atoms with Crippen molar-refractivity contribution in [3.05, 3.63) is 77.3 Å². The number of hydrogen-bond donors (Lipinski definition) is 3. The van der Waals surface area contributed by atoms with Gasteiger partial charge in [0, 0.05) is 22.7 Å². The Kier molecular flexibility index (Phi) is 5.35. The monoisotopic (exact) mass is 459 g/mol. The van der Waals surface area contributed by atoms with Gasteiger partial charge in [-0.1, -0.05) is 25.3 Å². The number of benzene rings is 1. The summed E-state index contributed by atoms with van der Waals surface area (Å²) < 4.78 is 55.3. The number of nitrogens with one attached hydrogen (secondary N) is 1. The minimum atomic E-state index is -2.68. The number of nitrogens with zero attached hydrogens (tertiary/aromatic N) is 4. The first-order valence-electron chi connectivity index (χ1n) is 9.89. The zero-order valence-corrected chi connectivity index (χ0v) is 17.7. The van der Waals surface area contributed by atoms with Gasteiger partial charge in [-0.15, -0.1) is 0 Å². The van der Waals surface area contributed by atoms with Gasteiger partial charge in [0.1, 0.15) is 17.3 Å². The molecule has 11 heteroatoms. The standard InChI is InChI=1S/C22H21F4N7/c1-10(27)22(3)11(2)29-21-17(22)19(28)30-20(31-21)15-7-13(8-16(24)25)33(32-15)9-12-5-4-6-14(23)18(12)26/h4-7,16H,1-2,8-9,27H2,3H3,(H3,28,29,30,31). The Morgan fingerprint density at radius 3 is 2.67 bits per heavy atom. The van der Waals surface area contributed by atoms with Gasteiger partial charge in [-0.2, -0.15) is 5.10 Å². The number of anilines is 2. The zero-order chi connectivity index (χ0) is 24.1. The van der Waals surface area contributed by atoms with Gasteiger partial charge in [-0.25, -0.2) is 27.5 Å². The molecule has 4 rings (SSSR count). The maximum Gasteiger partial charge on any atom is 0.244 e. The number of rotatable bonds is 6. The average Bonchev–Trinajstić information content (AvgIpc) is 3.24. The Labute approximate surface area is 186 Å². The van der Waals surface area contributed by atoms with Crippen molar-refractivity contribution >= 4 is 11.6 Å². The van der Waals surface area contributed by atoms with Crippen LogP contribution in [0.25, 0.3) is 11.5 Å². The lowest BCUT2D eigenvalue weighted by atomic mass is 9.80. The third-order valence-electron chi connectivity index (χ3n) is 5.76. The highest BCUT2D eigenvalue weighted by Crippen LogP contribution is 2.47. The molecule has 0 bridgehead atoms. The number of halogens is 4. The van der Waals surface area contributed by atoms with Gasteiger partial charge in [0.25, 0.3) is 0 Å². The first kappa shape index (κ1) is 22.3. The molecule has 0 amide bonds. The summed E-state index contributed by atoms with van der Waals surface area (Å²) in [6.07, 6.45) is -3.33. The van der Waals surface area contributed by atoms with E-state index in [1.807, 2.05) is 0 Å². The predicted molar refractivity (Wildman–Crippen MR) is 116 cm³/mol. The number of alkyl halides is 2. The summed E-state index contributed by atoms with van der Waals surface area (Å²) in [7, 11) is 0. The molecule has 5 N–H and O–H groups in total. The lowest BCUT2D eigenvalue weighted by Crippen LogP contribution is -2.29. The molecular formula is C22H21F4N7. The van der Waals surface area contributed by atoms with E-state index in [2.05, 4.69) is 33.5 Å². The zero-order valence-electron chi connectivity index (χ0n) is 17.7. The van der Waals surface area contributed by atoms with E-state index in [1.165, 1.54) is 22.9 Å². The fraction of sp³-hybridized carbons (Fsp3) is 0.227. The van der Waals surface area contributed by atoms with Crippen LogP contribution in [0.15, 0.2) is 48.8 Å². The van der Waals surface area contributed by atoms with Crippen molar-refractivity contribution in [3.8, 4) is 11.5 Å². The summed E-state index contributed by atoms with van der Waals surface area (Å²) in [5.41, 5.74) is 12.8. The quantitative estimate of drug-likeness (QED) is 0.485. The van der Waals surface area contributed by atoms with E-state index in [0.717, 1.165) is 6.07 Å². The highest BCUT2D eigenvalue weighted by molar-refractivity contribution is 5.75. The maximum atomic E-state index is 14.1. The van der Waals surface area contributed by atoms with Crippen molar-refractivity contribution in [1.29, 1.82) is 0 Å². The number of nitrogen functional groups attached to an aromatic ring is 1. The van der Waals surface area contributed by atoms with Gasteiger partial charge in [0.2, 0.25) is 6.43 Å². The molecule has 0 aliphatic carbocycles. The number of fused-ring (bicyclic) bond motifs is 1. The summed E-state index contributed by atoms with van der Waals surface area (Å²) in [6.45, 7) is 9.27. The van der Waals surface area contributed by atoms with E-state index >= 15 is 0 Å². The first-order valence-corrected chi connectivity index (χ1v) is 9.89. The SMILES string of the molecule is C=C(N)C1(C)C(=C)Nc2nc(-c3cc(CC(F)F)n(Cc4cccc(F)c4F)n3)nc(N)c21. The van der Waals surface area contributed by atoms with Gasteiger partial charge in [0.15, 0.2) is 17.5 Å². The predicted octanol–water partition coefficient (Wildman–Crippen LogP) is 3.73. The first-order chi connectivity index (χ1) is 15.5. The summed E-state index contributed by atoms with van der Waals surface area (Å²) >= 11 is 0. The Hall–Kier alpha value is -3.89. The molecule has 0 saturated carbocycles. The minimum Gasteiger partial charge on any atom is -0.401 e. The molecule has 3 aromatic rings. The normalized spacial score (nSPS) is 17.3. The second-order valence-electron chi connectivity index (χ2n) is 7.90. The van der Waals surface area contributed by atoms with E-state index in [9.17, 15) is 17.6 Å². The number of aromatic nitrogens is 4. The van der Waals surface area contributed by atoms with Crippen LogP contribution < -0.4 is 16.8 Å². The van der Waals surface area contributed by atoms with E-state index in [4.69, 9.17) is 11.5 Å².